The molecule has 5 heteroatoms. The first-order valence-electron chi connectivity index (χ1n) is 8.33. The number of benzene rings is 2. The number of amides is 1. The minimum atomic E-state index is -0.188. The van der Waals surface area contributed by atoms with Crippen molar-refractivity contribution in [1.82, 2.24) is 5.32 Å². The van der Waals surface area contributed by atoms with E-state index in [4.69, 9.17) is 21.1 Å². The van der Waals surface area contributed by atoms with E-state index in [9.17, 15) is 4.79 Å². The van der Waals surface area contributed by atoms with Gasteiger partial charge in [-0.05, 0) is 30.0 Å². The van der Waals surface area contributed by atoms with E-state index in [0.717, 1.165) is 6.42 Å². The first kappa shape index (κ1) is 19.1. The summed E-state index contributed by atoms with van der Waals surface area (Å²) >= 11 is 6.29. The van der Waals surface area contributed by atoms with Gasteiger partial charge >= 0.3 is 0 Å². The molecule has 1 amide bonds. The number of methoxy groups -OCH3 is 1. The Balaban J connectivity index is 2.02. The van der Waals surface area contributed by atoms with Crippen LogP contribution in [0, 0.1) is 5.92 Å². The van der Waals surface area contributed by atoms with Gasteiger partial charge in [-0.1, -0.05) is 55.8 Å². The number of hydrogen-bond donors (Lipinski definition) is 1. The molecule has 0 aromatic heterocycles. The highest BCUT2D eigenvalue weighted by molar-refractivity contribution is 6.32. The highest BCUT2D eigenvalue weighted by Crippen LogP contribution is 2.36. The Kier molecular flexibility index (Phi) is 7.14. The third-order valence-electron chi connectivity index (χ3n) is 3.59. The number of carbonyl (C=O) groups excluding carboxylic acids is 1. The molecule has 0 heterocycles. The predicted molar refractivity (Wildman–Crippen MR) is 101 cm³/mol. The SMILES string of the molecule is COc1cc(C(=O)NCCc2ccccc2)cc(Cl)c1OCC(C)C. The first-order chi connectivity index (χ1) is 12.0. The summed E-state index contributed by atoms with van der Waals surface area (Å²) in [6, 6.07) is 13.3. The molecule has 0 aliphatic carbocycles. The third kappa shape index (κ3) is 5.68. The second kappa shape index (κ2) is 9.33. The Morgan fingerprint density at radius 3 is 2.56 bits per heavy atom. The fourth-order valence-corrected chi connectivity index (χ4v) is 2.57. The average Bonchev–Trinajstić information content (AvgIpc) is 2.60. The maximum Gasteiger partial charge on any atom is 0.251 e. The lowest BCUT2D eigenvalue weighted by atomic mass is 10.1. The number of nitrogens with one attached hydrogen (secondary N) is 1. The minimum absolute atomic E-state index is 0.188. The standard InChI is InChI=1S/C20H24ClNO3/c1-14(2)13-25-19-17(21)11-16(12-18(19)24-3)20(23)22-10-9-15-7-5-4-6-8-15/h4-8,11-12,14H,9-10,13H2,1-3H3,(H,22,23). The van der Waals surface area contributed by atoms with Crippen molar-refractivity contribution in [1.29, 1.82) is 0 Å². The summed E-state index contributed by atoms with van der Waals surface area (Å²) in [5.74, 6) is 1.10. The van der Waals surface area contributed by atoms with E-state index in [0.29, 0.717) is 41.2 Å². The Hall–Kier alpha value is -2.20. The lowest BCUT2D eigenvalue weighted by Gasteiger charge is -2.15. The van der Waals surface area contributed by atoms with Gasteiger partial charge in [-0.15, -0.1) is 0 Å². The molecule has 25 heavy (non-hydrogen) atoms. The number of ether oxygens (including phenoxy) is 2. The molecule has 0 radical (unpaired) electrons. The Morgan fingerprint density at radius 1 is 1.20 bits per heavy atom. The zero-order valence-corrected chi connectivity index (χ0v) is 15.6. The van der Waals surface area contributed by atoms with Crippen molar-refractivity contribution in [2.24, 2.45) is 5.92 Å². The topological polar surface area (TPSA) is 47.6 Å². The van der Waals surface area contributed by atoms with E-state index < -0.39 is 0 Å². The molecule has 0 saturated heterocycles. The van der Waals surface area contributed by atoms with Gasteiger partial charge in [-0.3, -0.25) is 4.79 Å². The quantitative estimate of drug-likeness (QED) is 0.760. The van der Waals surface area contributed by atoms with E-state index >= 15 is 0 Å². The van der Waals surface area contributed by atoms with Crippen molar-refractivity contribution in [3.8, 4) is 11.5 Å². The van der Waals surface area contributed by atoms with Crippen LogP contribution in [-0.2, 0) is 6.42 Å². The molecule has 0 saturated carbocycles. The van der Waals surface area contributed by atoms with E-state index in [2.05, 4.69) is 19.2 Å². The number of halogens is 1. The molecule has 2 aromatic carbocycles. The molecule has 0 aliphatic rings. The van der Waals surface area contributed by atoms with Crippen LogP contribution in [0.15, 0.2) is 42.5 Å². The zero-order valence-electron chi connectivity index (χ0n) is 14.8. The largest absolute Gasteiger partial charge is 0.493 e. The normalized spacial score (nSPS) is 10.6. The summed E-state index contributed by atoms with van der Waals surface area (Å²) in [5, 5.41) is 3.27. The summed E-state index contributed by atoms with van der Waals surface area (Å²) in [7, 11) is 1.53. The maximum absolute atomic E-state index is 12.4. The van der Waals surface area contributed by atoms with Gasteiger partial charge in [0.2, 0.25) is 0 Å². The predicted octanol–water partition coefficient (Wildman–Crippen LogP) is 4.36. The summed E-state index contributed by atoms with van der Waals surface area (Å²) in [4.78, 5) is 12.4. The Morgan fingerprint density at radius 2 is 1.92 bits per heavy atom. The molecule has 0 spiro atoms. The highest BCUT2D eigenvalue weighted by Gasteiger charge is 2.16. The summed E-state index contributed by atoms with van der Waals surface area (Å²) in [6.07, 6.45) is 0.771. The van der Waals surface area contributed by atoms with E-state index in [1.165, 1.54) is 12.7 Å². The van der Waals surface area contributed by atoms with Gasteiger partial charge < -0.3 is 14.8 Å². The van der Waals surface area contributed by atoms with Gasteiger partial charge in [0.25, 0.3) is 5.91 Å². The number of hydrogen-bond acceptors (Lipinski definition) is 3. The molecule has 0 fully saturated rings. The van der Waals surface area contributed by atoms with E-state index in [-0.39, 0.29) is 5.91 Å². The van der Waals surface area contributed by atoms with Crippen molar-refractivity contribution >= 4 is 17.5 Å². The molecule has 134 valence electrons. The van der Waals surface area contributed by atoms with Gasteiger partial charge in [0.1, 0.15) is 0 Å². The molecule has 0 atom stereocenters. The van der Waals surface area contributed by atoms with Gasteiger partial charge in [0.15, 0.2) is 11.5 Å². The van der Waals surface area contributed by atoms with E-state index in [1.807, 2.05) is 30.3 Å². The van der Waals surface area contributed by atoms with Crippen LogP contribution in [0.4, 0.5) is 0 Å². The average molecular weight is 362 g/mol. The number of carbonyl (C=O) groups is 1. The molecule has 2 rings (SSSR count). The van der Waals surface area contributed by atoms with Gasteiger partial charge in [0, 0.05) is 12.1 Å². The lowest BCUT2D eigenvalue weighted by Crippen LogP contribution is -2.25. The van der Waals surface area contributed by atoms with Crippen LogP contribution >= 0.6 is 11.6 Å². The van der Waals surface area contributed by atoms with Crippen molar-refractivity contribution in [3.05, 3.63) is 58.6 Å². The first-order valence-corrected chi connectivity index (χ1v) is 8.71. The summed E-state index contributed by atoms with van der Waals surface area (Å²) in [5.41, 5.74) is 1.63. The summed E-state index contributed by atoms with van der Waals surface area (Å²) in [6.45, 7) is 5.18. The van der Waals surface area contributed by atoms with Crippen molar-refractivity contribution < 1.29 is 14.3 Å². The molecule has 0 unspecified atom stereocenters. The lowest BCUT2D eigenvalue weighted by molar-refractivity contribution is 0.0953. The van der Waals surface area contributed by atoms with Gasteiger partial charge in [0.05, 0.1) is 18.7 Å². The third-order valence-corrected chi connectivity index (χ3v) is 3.88. The molecule has 1 N–H and O–H groups in total. The van der Waals surface area contributed by atoms with Crippen LogP contribution in [0.3, 0.4) is 0 Å². The van der Waals surface area contributed by atoms with Gasteiger partial charge in [-0.25, -0.2) is 0 Å². The van der Waals surface area contributed by atoms with Crippen molar-refractivity contribution in [2.45, 2.75) is 20.3 Å². The Labute approximate surface area is 154 Å². The monoisotopic (exact) mass is 361 g/mol. The van der Waals surface area contributed by atoms with Crippen LogP contribution in [0.25, 0.3) is 0 Å². The second-order valence-corrected chi connectivity index (χ2v) is 6.59. The van der Waals surface area contributed by atoms with E-state index in [1.54, 1.807) is 12.1 Å². The molecular formula is C20H24ClNO3. The fraction of sp³-hybridized carbons (Fsp3) is 0.350. The molecule has 0 bridgehead atoms. The van der Waals surface area contributed by atoms with Crippen molar-refractivity contribution in [2.75, 3.05) is 20.3 Å². The molecule has 0 aliphatic heterocycles. The van der Waals surface area contributed by atoms with Crippen molar-refractivity contribution in [3.63, 3.8) is 0 Å². The smallest absolute Gasteiger partial charge is 0.251 e. The molecule has 4 nitrogen and oxygen atoms in total. The zero-order chi connectivity index (χ0) is 18.2. The maximum atomic E-state index is 12.4. The number of rotatable bonds is 8. The Bertz CT molecular complexity index is 702. The van der Waals surface area contributed by atoms with Crippen LogP contribution < -0.4 is 14.8 Å². The molecule has 2 aromatic rings. The fourth-order valence-electron chi connectivity index (χ4n) is 2.31. The van der Waals surface area contributed by atoms with Gasteiger partial charge in [-0.2, -0.15) is 0 Å². The van der Waals surface area contributed by atoms with Crippen LogP contribution in [0.2, 0.25) is 5.02 Å². The van der Waals surface area contributed by atoms with Crippen LogP contribution in [0.5, 0.6) is 11.5 Å². The minimum Gasteiger partial charge on any atom is -0.493 e. The highest BCUT2D eigenvalue weighted by atomic mass is 35.5. The second-order valence-electron chi connectivity index (χ2n) is 6.19. The molecular weight excluding hydrogens is 338 g/mol. The summed E-state index contributed by atoms with van der Waals surface area (Å²) < 4.78 is 11.0. The van der Waals surface area contributed by atoms with Crippen LogP contribution in [0.1, 0.15) is 29.8 Å². The van der Waals surface area contributed by atoms with Crippen LogP contribution in [-0.4, -0.2) is 26.2 Å².